The summed E-state index contributed by atoms with van der Waals surface area (Å²) >= 11 is 0. The molecule has 0 aliphatic rings. The maximum atomic E-state index is 12.1. The predicted molar refractivity (Wildman–Crippen MR) is 127 cm³/mol. The molecular formula is C27H27NO5. The summed E-state index contributed by atoms with van der Waals surface area (Å²) in [5.41, 5.74) is 2.76. The molecule has 0 saturated heterocycles. The Balaban J connectivity index is 1.49. The van der Waals surface area contributed by atoms with Crippen LogP contribution in [0, 0.1) is 12.3 Å². The highest BCUT2D eigenvalue weighted by Gasteiger charge is 2.12. The lowest BCUT2D eigenvalue weighted by atomic mass is 10.00. The van der Waals surface area contributed by atoms with Gasteiger partial charge >= 0.3 is 6.09 Å². The Labute approximate surface area is 194 Å². The molecule has 1 unspecified atom stereocenters. The Bertz CT molecular complexity index is 1070. The van der Waals surface area contributed by atoms with Gasteiger partial charge in [-0.15, -0.1) is 6.42 Å². The molecule has 0 fully saturated rings. The number of methoxy groups -OCH3 is 2. The third-order valence-corrected chi connectivity index (χ3v) is 5.01. The van der Waals surface area contributed by atoms with Gasteiger partial charge in [-0.3, -0.25) is 0 Å². The fourth-order valence-electron chi connectivity index (χ4n) is 3.09. The molecule has 6 heteroatoms. The van der Waals surface area contributed by atoms with Crippen molar-refractivity contribution < 1.29 is 23.7 Å². The molecule has 170 valence electrons. The zero-order valence-electron chi connectivity index (χ0n) is 18.7. The Morgan fingerprint density at radius 1 is 0.879 bits per heavy atom. The Kier molecular flexibility index (Phi) is 8.61. The molecule has 33 heavy (non-hydrogen) atoms. The van der Waals surface area contributed by atoms with Crippen molar-refractivity contribution in [2.45, 2.75) is 19.1 Å². The zero-order valence-corrected chi connectivity index (χ0v) is 18.7. The lowest BCUT2D eigenvalue weighted by molar-refractivity contribution is 0.139. The first-order chi connectivity index (χ1) is 16.1. The van der Waals surface area contributed by atoms with Crippen molar-refractivity contribution in [3.05, 3.63) is 89.5 Å². The SMILES string of the molecule is C#CC(CNC(=O)OCc1ccc(OC)cc1)c1cccc(OCc2ccc(OC)cc2)c1. The molecule has 1 N–H and O–H groups in total. The van der Waals surface area contributed by atoms with E-state index < -0.39 is 6.09 Å². The van der Waals surface area contributed by atoms with Crippen molar-refractivity contribution in [1.29, 1.82) is 0 Å². The third kappa shape index (κ3) is 7.22. The van der Waals surface area contributed by atoms with Gasteiger partial charge in [0, 0.05) is 6.54 Å². The summed E-state index contributed by atoms with van der Waals surface area (Å²) in [5.74, 6) is 4.65. The highest BCUT2D eigenvalue weighted by atomic mass is 16.5. The monoisotopic (exact) mass is 445 g/mol. The number of benzene rings is 3. The molecule has 0 spiro atoms. The van der Waals surface area contributed by atoms with Crippen LogP contribution >= 0.6 is 0 Å². The summed E-state index contributed by atoms with van der Waals surface area (Å²) in [6, 6.07) is 22.6. The maximum absolute atomic E-state index is 12.1. The van der Waals surface area contributed by atoms with Crippen LogP contribution in [0.4, 0.5) is 4.79 Å². The lowest BCUT2D eigenvalue weighted by Crippen LogP contribution is -2.28. The number of alkyl carbamates (subject to hydrolysis) is 1. The molecule has 0 heterocycles. The number of hydrogen-bond acceptors (Lipinski definition) is 5. The first-order valence-electron chi connectivity index (χ1n) is 10.5. The second-order valence-corrected chi connectivity index (χ2v) is 7.23. The Morgan fingerprint density at radius 3 is 2.06 bits per heavy atom. The molecule has 0 saturated carbocycles. The van der Waals surface area contributed by atoms with Gasteiger partial charge in [0.05, 0.1) is 20.1 Å². The van der Waals surface area contributed by atoms with E-state index in [4.69, 9.17) is 25.4 Å². The Morgan fingerprint density at radius 2 is 1.48 bits per heavy atom. The molecular weight excluding hydrogens is 418 g/mol. The summed E-state index contributed by atoms with van der Waals surface area (Å²) in [6.45, 7) is 0.829. The standard InChI is InChI=1S/C27H27NO5/c1-4-22(17-28-27(29)33-19-21-10-14-25(31-3)15-11-21)23-6-5-7-26(16-23)32-18-20-8-12-24(30-2)13-9-20/h1,5-16,22H,17-19H2,2-3H3,(H,28,29). The number of nitrogens with one attached hydrogen (secondary N) is 1. The van der Waals surface area contributed by atoms with Gasteiger partial charge in [-0.25, -0.2) is 4.79 Å². The van der Waals surface area contributed by atoms with E-state index >= 15 is 0 Å². The van der Waals surface area contributed by atoms with Gasteiger partial charge in [-0.1, -0.05) is 42.3 Å². The summed E-state index contributed by atoms with van der Waals surface area (Å²) in [6.07, 6.45) is 5.19. The number of ether oxygens (including phenoxy) is 4. The number of carbonyl (C=O) groups excluding carboxylic acids is 1. The average Bonchev–Trinajstić information content (AvgIpc) is 2.87. The minimum absolute atomic E-state index is 0.158. The molecule has 0 bridgehead atoms. The fraction of sp³-hybridized carbons (Fsp3) is 0.222. The van der Waals surface area contributed by atoms with E-state index in [2.05, 4.69) is 11.2 Å². The van der Waals surface area contributed by atoms with Crippen LogP contribution < -0.4 is 19.5 Å². The number of terminal acetylenes is 1. The number of amides is 1. The molecule has 0 radical (unpaired) electrons. The topological polar surface area (TPSA) is 66.0 Å². The summed E-state index contributed by atoms with van der Waals surface area (Å²) in [4.78, 5) is 12.1. The van der Waals surface area contributed by atoms with E-state index in [1.165, 1.54) is 0 Å². The van der Waals surface area contributed by atoms with Gasteiger partial charge in [0.2, 0.25) is 0 Å². The summed E-state index contributed by atoms with van der Waals surface area (Å²) < 4.78 is 21.5. The van der Waals surface area contributed by atoms with Crippen molar-refractivity contribution in [2.75, 3.05) is 20.8 Å². The van der Waals surface area contributed by atoms with Gasteiger partial charge in [0.25, 0.3) is 0 Å². The van der Waals surface area contributed by atoms with E-state index in [0.29, 0.717) is 12.4 Å². The van der Waals surface area contributed by atoms with Crippen molar-refractivity contribution in [2.24, 2.45) is 0 Å². The molecule has 0 aromatic heterocycles. The van der Waals surface area contributed by atoms with Gasteiger partial charge in [0.15, 0.2) is 0 Å². The first-order valence-corrected chi connectivity index (χ1v) is 10.5. The second-order valence-electron chi connectivity index (χ2n) is 7.23. The molecule has 3 rings (SSSR count). The van der Waals surface area contributed by atoms with Gasteiger partial charge < -0.3 is 24.3 Å². The van der Waals surface area contributed by atoms with E-state index in [9.17, 15) is 4.79 Å². The number of hydrogen-bond donors (Lipinski definition) is 1. The molecule has 1 amide bonds. The van der Waals surface area contributed by atoms with Crippen molar-refractivity contribution >= 4 is 6.09 Å². The highest BCUT2D eigenvalue weighted by molar-refractivity contribution is 5.67. The van der Waals surface area contributed by atoms with E-state index in [0.717, 1.165) is 28.2 Å². The van der Waals surface area contributed by atoms with Crippen LogP contribution in [0.25, 0.3) is 0 Å². The number of carbonyl (C=O) groups is 1. The van der Waals surface area contributed by atoms with Crippen LogP contribution in [-0.4, -0.2) is 26.9 Å². The Hall–Kier alpha value is -4.11. The fourth-order valence-corrected chi connectivity index (χ4v) is 3.09. The van der Waals surface area contributed by atoms with E-state index in [1.54, 1.807) is 14.2 Å². The van der Waals surface area contributed by atoms with Gasteiger partial charge in [-0.05, 0) is 53.1 Å². The van der Waals surface area contributed by atoms with E-state index in [-0.39, 0.29) is 19.1 Å². The normalized spacial score (nSPS) is 11.1. The lowest BCUT2D eigenvalue weighted by Gasteiger charge is -2.14. The summed E-state index contributed by atoms with van der Waals surface area (Å²) in [7, 11) is 3.23. The molecule has 3 aromatic rings. The third-order valence-electron chi connectivity index (χ3n) is 5.01. The quantitative estimate of drug-likeness (QED) is 0.449. The largest absolute Gasteiger partial charge is 0.497 e. The highest BCUT2D eigenvalue weighted by Crippen LogP contribution is 2.22. The maximum Gasteiger partial charge on any atom is 0.407 e. The molecule has 0 aliphatic heterocycles. The smallest absolute Gasteiger partial charge is 0.407 e. The summed E-state index contributed by atoms with van der Waals surface area (Å²) in [5, 5.41) is 2.73. The van der Waals surface area contributed by atoms with Gasteiger partial charge in [0.1, 0.15) is 30.5 Å². The first kappa shape index (κ1) is 23.6. The number of rotatable bonds is 10. The van der Waals surface area contributed by atoms with Crippen LogP contribution in [-0.2, 0) is 18.0 Å². The molecule has 0 aliphatic carbocycles. The second kappa shape index (κ2) is 12.1. The van der Waals surface area contributed by atoms with Crippen LogP contribution in [0.2, 0.25) is 0 Å². The molecule has 6 nitrogen and oxygen atoms in total. The van der Waals surface area contributed by atoms with Crippen LogP contribution in [0.5, 0.6) is 17.2 Å². The van der Waals surface area contributed by atoms with Crippen LogP contribution in [0.1, 0.15) is 22.6 Å². The minimum atomic E-state index is -0.530. The van der Waals surface area contributed by atoms with E-state index in [1.807, 2.05) is 72.8 Å². The van der Waals surface area contributed by atoms with Crippen molar-refractivity contribution in [3.63, 3.8) is 0 Å². The van der Waals surface area contributed by atoms with Gasteiger partial charge in [-0.2, -0.15) is 0 Å². The zero-order chi connectivity index (χ0) is 23.5. The molecule has 3 aromatic carbocycles. The van der Waals surface area contributed by atoms with Crippen molar-refractivity contribution in [3.8, 4) is 29.6 Å². The van der Waals surface area contributed by atoms with Crippen LogP contribution in [0.3, 0.4) is 0 Å². The minimum Gasteiger partial charge on any atom is -0.497 e. The predicted octanol–water partition coefficient (Wildman–Crippen LogP) is 4.93. The average molecular weight is 446 g/mol. The van der Waals surface area contributed by atoms with Crippen molar-refractivity contribution in [1.82, 2.24) is 5.32 Å². The molecule has 1 atom stereocenters. The van der Waals surface area contributed by atoms with Crippen LogP contribution in [0.15, 0.2) is 72.8 Å².